The predicted molar refractivity (Wildman–Crippen MR) is 130 cm³/mol. The molecule has 0 spiro atoms. The van der Waals surface area contributed by atoms with Crippen LogP contribution in [-0.2, 0) is 0 Å². The number of piperazine rings is 1. The number of aromatic nitrogens is 3. The van der Waals surface area contributed by atoms with E-state index in [1.165, 1.54) is 0 Å². The van der Waals surface area contributed by atoms with Gasteiger partial charge in [-0.2, -0.15) is 0 Å². The van der Waals surface area contributed by atoms with Crippen LogP contribution in [0.2, 0.25) is 0 Å². The third-order valence-corrected chi connectivity index (χ3v) is 6.03. The quantitative estimate of drug-likeness (QED) is 0.375. The van der Waals surface area contributed by atoms with Gasteiger partial charge in [-0.05, 0) is 66.1 Å². The Hall–Kier alpha value is -3.37. The number of nitrogens with zero attached hydrogens (tertiary/aromatic N) is 5. The van der Waals surface area contributed by atoms with Crippen LogP contribution in [0.3, 0.4) is 0 Å². The second-order valence-corrected chi connectivity index (χ2v) is 8.13. The fraction of sp³-hybridized carbons (Fsp3) is 0.391. The lowest BCUT2D eigenvalue weighted by atomic mass is 10.2. The van der Waals surface area contributed by atoms with Crippen LogP contribution in [0, 0.1) is 0 Å². The van der Waals surface area contributed by atoms with E-state index in [1.54, 1.807) is 25.3 Å². The van der Waals surface area contributed by atoms with Crippen LogP contribution in [0.25, 0.3) is 22.0 Å². The molecule has 180 valence electrons. The van der Waals surface area contributed by atoms with E-state index in [2.05, 4.69) is 35.2 Å². The first-order chi connectivity index (χ1) is 16.2. The number of carbonyl (C=O) groups is 1. The molecule has 0 radical (unpaired) electrons. The number of unbranched alkanes of at least 4 members (excludes halogenated alkanes) is 1. The molecule has 34 heavy (non-hydrogen) atoms. The van der Waals surface area contributed by atoms with Crippen LogP contribution < -0.4 is 15.0 Å². The fourth-order valence-electron chi connectivity index (χ4n) is 4.13. The lowest BCUT2D eigenvalue weighted by molar-refractivity contribution is 0.0952. The molecule has 0 bridgehead atoms. The third kappa shape index (κ3) is 5.07. The summed E-state index contributed by atoms with van der Waals surface area (Å²) in [5.74, 6) is 1.57. The van der Waals surface area contributed by atoms with Gasteiger partial charge in [-0.1, -0.05) is 5.16 Å². The molecule has 4 aromatic rings. The summed E-state index contributed by atoms with van der Waals surface area (Å²) in [7, 11) is 1.66. The van der Waals surface area contributed by atoms with Gasteiger partial charge in [0.15, 0.2) is 11.4 Å². The topological polar surface area (TPSA) is 110 Å². The number of rotatable bonds is 8. The Morgan fingerprint density at radius 2 is 1.85 bits per heavy atom. The van der Waals surface area contributed by atoms with Gasteiger partial charge in [0.25, 0.3) is 5.91 Å². The number of carbonyl (C=O) groups excluding carboxylic acids is 1. The zero-order valence-corrected chi connectivity index (χ0v) is 19.7. The average molecular weight is 487 g/mol. The molecule has 1 amide bonds. The highest BCUT2D eigenvalue weighted by Crippen LogP contribution is 2.30. The minimum Gasteiger partial charge on any atom is -0.497 e. The highest BCUT2D eigenvalue weighted by molar-refractivity contribution is 5.97. The molecule has 2 aromatic heterocycles. The number of hydrogen-bond donors (Lipinski definition) is 1. The van der Waals surface area contributed by atoms with E-state index in [0.717, 1.165) is 68.1 Å². The molecular formula is C23H27ClN6O4. The molecule has 3 heterocycles. The minimum atomic E-state index is -0.106. The van der Waals surface area contributed by atoms with E-state index in [9.17, 15) is 4.79 Å². The number of methoxy groups -OCH3 is 1. The molecule has 10 nitrogen and oxygen atoms in total. The summed E-state index contributed by atoms with van der Waals surface area (Å²) in [6.07, 6.45) is 1.95. The summed E-state index contributed by atoms with van der Waals surface area (Å²) >= 11 is 0. The van der Waals surface area contributed by atoms with Crippen molar-refractivity contribution in [2.24, 2.45) is 0 Å². The van der Waals surface area contributed by atoms with Crippen LogP contribution in [-0.4, -0.2) is 72.7 Å². The number of halogens is 1. The zero-order valence-electron chi connectivity index (χ0n) is 18.9. The van der Waals surface area contributed by atoms with Gasteiger partial charge in [-0.3, -0.25) is 9.69 Å². The second kappa shape index (κ2) is 10.7. The van der Waals surface area contributed by atoms with Gasteiger partial charge < -0.3 is 19.5 Å². The summed E-state index contributed by atoms with van der Waals surface area (Å²) in [4.78, 5) is 17.0. The number of ether oxygens (including phenoxy) is 1. The first-order valence-corrected chi connectivity index (χ1v) is 11.1. The Bertz CT molecular complexity index is 1250. The smallest absolute Gasteiger partial charge is 0.251 e. The average Bonchev–Trinajstić information content (AvgIpc) is 3.50. The van der Waals surface area contributed by atoms with Gasteiger partial charge >= 0.3 is 0 Å². The van der Waals surface area contributed by atoms with Crippen molar-refractivity contribution in [2.45, 2.75) is 12.8 Å². The number of fused-ring (bicyclic) bond motifs is 2. The van der Waals surface area contributed by atoms with Crippen LogP contribution in [0.4, 0.5) is 5.82 Å². The van der Waals surface area contributed by atoms with Crippen molar-refractivity contribution in [1.82, 2.24) is 25.7 Å². The van der Waals surface area contributed by atoms with Gasteiger partial charge in [0, 0.05) is 38.3 Å². The Balaban J connectivity index is 0.00000274. The summed E-state index contributed by atoms with van der Waals surface area (Å²) in [5.41, 5.74) is 2.56. The molecule has 1 saturated heterocycles. The Morgan fingerprint density at radius 3 is 2.68 bits per heavy atom. The molecule has 0 saturated carbocycles. The molecule has 2 aromatic carbocycles. The number of nitrogens with one attached hydrogen (secondary N) is 1. The molecule has 0 atom stereocenters. The summed E-state index contributed by atoms with van der Waals surface area (Å²) in [6, 6.07) is 10.9. The standard InChI is InChI=1S/C23H26N6O4.ClH/c1-31-17-5-7-21-18(15-17)22(27-32-21)29-12-10-28(11-13-29)9-3-2-8-24-23(30)16-4-6-19-20(14-16)26-33-25-19;/h4-7,14-15H,2-3,8-13H2,1H3,(H,24,30);1H. The monoisotopic (exact) mass is 486 g/mol. The van der Waals surface area contributed by atoms with Crippen LogP contribution in [0.5, 0.6) is 5.75 Å². The molecule has 11 heteroatoms. The van der Waals surface area contributed by atoms with Crippen molar-refractivity contribution in [3.05, 3.63) is 42.0 Å². The van der Waals surface area contributed by atoms with Crippen molar-refractivity contribution in [3.8, 4) is 5.75 Å². The maximum Gasteiger partial charge on any atom is 0.251 e. The lowest BCUT2D eigenvalue weighted by Gasteiger charge is -2.34. The van der Waals surface area contributed by atoms with Crippen molar-refractivity contribution in [3.63, 3.8) is 0 Å². The van der Waals surface area contributed by atoms with Crippen molar-refractivity contribution < 1.29 is 18.7 Å². The van der Waals surface area contributed by atoms with Crippen molar-refractivity contribution in [2.75, 3.05) is 51.3 Å². The van der Waals surface area contributed by atoms with E-state index >= 15 is 0 Å². The van der Waals surface area contributed by atoms with E-state index in [4.69, 9.17) is 9.26 Å². The summed E-state index contributed by atoms with van der Waals surface area (Å²) in [6.45, 7) is 5.38. The maximum absolute atomic E-state index is 12.3. The van der Waals surface area contributed by atoms with Gasteiger partial charge in [0.05, 0.1) is 12.5 Å². The molecule has 1 aliphatic heterocycles. The largest absolute Gasteiger partial charge is 0.497 e. The first-order valence-electron chi connectivity index (χ1n) is 11.1. The molecular weight excluding hydrogens is 460 g/mol. The Kier molecular flexibility index (Phi) is 7.49. The highest BCUT2D eigenvalue weighted by atomic mass is 35.5. The SMILES string of the molecule is COc1ccc2onc(N3CCN(CCCCNC(=O)c4ccc5nonc5c4)CC3)c2c1.Cl. The van der Waals surface area contributed by atoms with Crippen LogP contribution >= 0.6 is 12.4 Å². The molecule has 5 rings (SSSR count). The molecule has 1 aliphatic rings. The zero-order chi connectivity index (χ0) is 22.6. The molecule has 0 unspecified atom stereocenters. The van der Waals surface area contributed by atoms with Gasteiger partial charge in [0.1, 0.15) is 16.8 Å². The summed E-state index contributed by atoms with van der Waals surface area (Å²) < 4.78 is 15.5. The molecule has 1 N–H and O–H groups in total. The van der Waals surface area contributed by atoms with Gasteiger partial charge in [-0.15, -0.1) is 12.4 Å². The predicted octanol–water partition coefficient (Wildman–Crippen LogP) is 3.13. The lowest BCUT2D eigenvalue weighted by Crippen LogP contribution is -2.46. The molecule has 0 aliphatic carbocycles. The van der Waals surface area contributed by atoms with E-state index in [-0.39, 0.29) is 18.3 Å². The van der Waals surface area contributed by atoms with Crippen LogP contribution in [0.15, 0.2) is 45.6 Å². The Morgan fingerprint density at radius 1 is 1.03 bits per heavy atom. The number of anilines is 1. The fourth-order valence-corrected chi connectivity index (χ4v) is 4.13. The number of hydrogen-bond acceptors (Lipinski definition) is 9. The normalized spacial score (nSPS) is 14.3. The Labute approximate surface area is 202 Å². The maximum atomic E-state index is 12.3. The second-order valence-electron chi connectivity index (χ2n) is 8.13. The minimum absolute atomic E-state index is 0. The van der Waals surface area contributed by atoms with Crippen molar-refractivity contribution >= 4 is 46.1 Å². The van der Waals surface area contributed by atoms with E-state index < -0.39 is 0 Å². The first kappa shape index (κ1) is 23.8. The number of benzene rings is 2. The summed E-state index contributed by atoms with van der Waals surface area (Å²) in [5, 5.41) is 15.8. The third-order valence-electron chi connectivity index (χ3n) is 6.03. The van der Waals surface area contributed by atoms with Gasteiger partial charge in [0.2, 0.25) is 0 Å². The number of amides is 1. The molecule has 1 fully saturated rings. The van der Waals surface area contributed by atoms with Gasteiger partial charge in [-0.25, -0.2) is 4.63 Å². The highest BCUT2D eigenvalue weighted by Gasteiger charge is 2.21. The van der Waals surface area contributed by atoms with E-state index in [1.807, 2.05) is 18.2 Å². The van der Waals surface area contributed by atoms with Crippen LogP contribution in [0.1, 0.15) is 23.2 Å². The van der Waals surface area contributed by atoms with E-state index in [0.29, 0.717) is 23.1 Å². The van der Waals surface area contributed by atoms with Crippen molar-refractivity contribution in [1.29, 1.82) is 0 Å².